The lowest BCUT2D eigenvalue weighted by atomic mass is 10.3. The van der Waals surface area contributed by atoms with Gasteiger partial charge in [0.15, 0.2) is 17.2 Å². The maximum absolute atomic E-state index is 12.4. The average Bonchev–Trinajstić information content (AvgIpc) is 3.31. The van der Waals surface area contributed by atoms with Crippen LogP contribution >= 0.6 is 23.6 Å². The lowest BCUT2D eigenvalue weighted by Gasteiger charge is -2.12. The van der Waals surface area contributed by atoms with E-state index in [1.54, 1.807) is 42.9 Å². The number of anilines is 1. The van der Waals surface area contributed by atoms with E-state index in [2.05, 4.69) is 15.5 Å². The van der Waals surface area contributed by atoms with Crippen molar-refractivity contribution in [3.8, 4) is 16.5 Å². The molecule has 0 radical (unpaired) electrons. The van der Waals surface area contributed by atoms with Gasteiger partial charge in [0, 0.05) is 19.8 Å². The molecular weight excluding hydrogens is 398 g/mol. The number of carbonyl (C=O) groups excluding carboxylic acids is 2. The molecule has 3 rings (SSSR count). The molecule has 2 N–H and O–H groups in total. The van der Waals surface area contributed by atoms with Crippen molar-refractivity contribution in [1.29, 1.82) is 0 Å². The second kappa shape index (κ2) is 8.81. The van der Waals surface area contributed by atoms with Crippen LogP contribution < -0.4 is 10.1 Å². The average molecular weight is 418 g/mol. The predicted octanol–water partition coefficient (Wildman–Crippen LogP) is 2.77. The number of nitrogens with one attached hydrogen (secondary N) is 2. The molecule has 0 spiro atoms. The molecule has 0 bridgehead atoms. The van der Waals surface area contributed by atoms with Gasteiger partial charge < -0.3 is 15.0 Å². The fraction of sp³-hybridized carbons (Fsp3) is 0.222. The number of likely N-dealkylation sites (N-methyl/N-ethyl adjacent to an activating group) is 1. The van der Waals surface area contributed by atoms with Crippen molar-refractivity contribution in [3.63, 3.8) is 0 Å². The first-order valence-electron chi connectivity index (χ1n) is 8.36. The molecular formula is C18H19N5O3S2. The minimum Gasteiger partial charge on any atom is -0.484 e. The summed E-state index contributed by atoms with van der Waals surface area (Å²) in [5.41, 5.74) is 0.615. The van der Waals surface area contributed by atoms with Crippen molar-refractivity contribution < 1.29 is 14.3 Å². The van der Waals surface area contributed by atoms with Crippen molar-refractivity contribution in [3.05, 3.63) is 46.5 Å². The fourth-order valence-electron chi connectivity index (χ4n) is 2.31. The highest BCUT2D eigenvalue weighted by Gasteiger charge is 2.13. The molecule has 28 heavy (non-hydrogen) atoms. The second-order valence-corrected chi connectivity index (χ2v) is 7.40. The Kier molecular flexibility index (Phi) is 6.22. The number of hydrogen-bond donors (Lipinski definition) is 2. The van der Waals surface area contributed by atoms with Gasteiger partial charge in [0.25, 0.3) is 5.91 Å². The fourth-order valence-corrected chi connectivity index (χ4v) is 3.23. The number of aromatic amines is 1. The molecule has 0 fully saturated rings. The molecule has 2 aromatic heterocycles. The summed E-state index contributed by atoms with van der Waals surface area (Å²) in [7, 11) is 3.33. The molecule has 0 aliphatic carbocycles. The number of benzene rings is 1. The molecule has 2 heterocycles. The molecule has 10 heteroatoms. The van der Waals surface area contributed by atoms with E-state index in [-0.39, 0.29) is 25.0 Å². The largest absolute Gasteiger partial charge is 0.484 e. The van der Waals surface area contributed by atoms with E-state index in [1.165, 1.54) is 16.2 Å². The number of nitrogens with zero attached hydrogens (tertiary/aromatic N) is 3. The lowest BCUT2D eigenvalue weighted by Crippen LogP contribution is -2.27. The van der Waals surface area contributed by atoms with Crippen LogP contribution in [0.3, 0.4) is 0 Å². The summed E-state index contributed by atoms with van der Waals surface area (Å²) in [6.07, 6.45) is 0. The topological polar surface area (TPSA) is 92.2 Å². The Hall–Kier alpha value is -2.98. The molecule has 146 valence electrons. The third-order valence-corrected chi connectivity index (χ3v) is 4.98. The first-order chi connectivity index (χ1) is 13.4. The molecule has 0 saturated heterocycles. The number of amides is 2. The van der Waals surface area contributed by atoms with Crippen molar-refractivity contribution in [2.45, 2.75) is 6.54 Å². The summed E-state index contributed by atoms with van der Waals surface area (Å²) in [6.45, 7) is 0.00109. The first kappa shape index (κ1) is 19.8. The lowest BCUT2D eigenvalue weighted by molar-refractivity contribution is -0.130. The van der Waals surface area contributed by atoms with Gasteiger partial charge in [-0.1, -0.05) is 6.07 Å². The van der Waals surface area contributed by atoms with Crippen LogP contribution in [-0.2, 0) is 16.1 Å². The number of hydrogen-bond acceptors (Lipinski definition) is 6. The van der Waals surface area contributed by atoms with E-state index < -0.39 is 0 Å². The Labute approximate surface area is 170 Å². The number of thiophene rings is 1. The summed E-state index contributed by atoms with van der Waals surface area (Å²) in [5, 5.41) is 11.7. The van der Waals surface area contributed by atoms with Gasteiger partial charge in [0.1, 0.15) is 12.3 Å². The van der Waals surface area contributed by atoms with Gasteiger partial charge in [0.2, 0.25) is 5.91 Å². The summed E-state index contributed by atoms with van der Waals surface area (Å²) in [4.78, 5) is 26.4. The zero-order chi connectivity index (χ0) is 20.1. The SMILES string of the molecule is CN(C)C(=O)COc1ccc(NC(=O)Cn2c(-c3cccs3)n[nH]c2=S)cc1. The zero-order valence-corrected chi connectivity index (χ0v) is 17.0. The Balaban J connectivity index is 1.61. The van der Waals surface area contributed by atoms with Crippen LogP contribution in [0, 0.1) is 4.77 Å². The number of ether oxygens (including phenoxy) is 1. The number of carbonyl (C=O) groups is 2. The van der Waals surface area contributed by atoms with Gasteiger partial charge in [-0.05, 0) is 47.9 Å². The highest BCUT2D eigenvalue weighted by Crippen LogP contribution is 2.23. The summed E-state index contributed by atoms with van der Waals surface area (Å²) < 4.78 is 7.45. The summed E-state index contributed by atoms with van der Waals surface area (Å²) in [5.74, 6) is 0.817. The molecule has 0 aliphatic heterocycles. The van der Waals surface area contributed by atoms with Gasteiger partial charge in [-0.2, -0.15) is 5.10 Å². The van der Waals surface area contributed by atoms with Gasteiger partial charge in [-0.15, -0.1) is 11.3 Å². The van der Waals surface area contributed by atoms with Crippen LogP contribution in [0.25, 0.3) is 10.7 Å². The minimum absolute atomic E-state index is 0.0387. The van der Waals surface area contributed by atoms with Crippen molar-refractivity contribution in [1.82, 2.24) is 19.7 Å². The smallest absolute Gasteiger partial charge is 0.259 e. The third kappa shape index (κ3) is 4.84. The third-order valence-electron chi connectivity index (χ3n) is 3.80. The van der Waals surface area contributed by atoms with Crippen LogP contribution in [0.15, 0.2) is 41.8 Å². The van der Waals surface area contributed by atoms with E-state index in [9.17, 15) is 9.59 Å². The highest BCUT2D eigenvalue weighted by molar-refractivity contribution is 7.71. The van der Waals surface area contributed by atoms with E-state index in [1.807, 2.05) is 17.5 Å². The molecule has 2 amide bonds. The van der Waals surface area contributed by atoms with Crippen molar-refractivity contribution >= 4 is 41.1 Å². The zero-order valence-electron chi connectivity index (χ0n) is 15.3. The molecule has 0 unspecified atom stereocenters. The van der Waals surface area contributed by atoms with Gasteiger partial charge in [-0.3, -0.25) is 19.3 Å². The summed E-state index contributed by atoms with van der Waals surface area (Å²) in [6, 6.07) is 10.6. The Bertz CT molecular complexity index is 1010. The molecule has 8 nitrogen and oxygen atoms in total. The van der Waals surface area contributed by atoms with Crippen LogP contribution in [0.5, 0.6) is 5.75 Å². The quantitative estimate of drug-likeness (QED) is 0.577. The number of H-pyrrole nitrogens is 1. The molecule has 0 aliphatic rings. The highest BCUT2D eigenvalue weighted by atomic mass is 32.1. The maximum atomic E-state index is 12.4. The molecule has 1 aromatic carbocycles. The van der Waals surface area contributed by atoms with E-state index in [0.717, 1.165) is 4.88 Å². The van der Waals surface area contributed by atoms with Gasteiger partial charge in [0.05, 0.1) is 4.88 Å². The Morgan fingerprint density at radius 1 is 1.29 bits per heavy atom. The first-order valence-corrected chi connectivity index (χ1v) is 9.65. The van der Waals surface area contributed by atoms with Crippen LogP contribution in [0.2, 0.25) is 0 Å². The molecule has 3 aromatic rings. The number of rotatable bonds is 7. The van der Waals surface area contributed by atoms with Crippen LogP contribution in [-0.4, -0.2) is 52.2 Å². The standard InChI is InChI=1S/C18H19N5O3S2/c1-22(2)16(25)11-26-13-7-5-12(6-8-13)19-15(24)10-23-17(20-21-18(23)27)14-4-3-9-28-14/h3-9H,10-11H2,1-2H3,(H,19,24)(H,21,27). The minimum atomic E-state index is -0.230. The van der Waals surface area contributed by atoms with E-state index >= 15 is 0 Å². The normalized spacial score (nSPS) is 10.5. The van der Waals surface area contributed by atoms with Crippen LogP contribution in [0.1, 0.15) is 0 Å². The Morgan fingerprint density at radius 2 is 2.04 bits per heavy atom. The second-order valence-electron chi connectivity index (χ2n) is 6.07. The van der Waals surface area contributed by atoms with Gasteiger partial charge >= 0.3 is 0 Å². The monoisotopic (exact) mass is 417 g/mol. The van der Waals surface area contributed by atoms with E-state index in [4.69, 9.17) is 17.0 Å². The molecule has 0 saturated carbocycles. The van der Waals surface area contributed by atoms with Crippen molar-refractivity contribution in [2.24, 2.45) is 0 Å². The summed E-state index contributed by atoms with van der Waals surface area (Å²) >= 11 is 6.76. The van der Waals surface area contributed by atoms with Gasteiger partial charge in [-0.25, -0.2) is 0 Å². The maximum Gasteiger partial charge on any atom is 0.259 e. The Morgan fingerprint density at radius 3 is 2.68 bits per heavy atom. The van der Waals surface area contributed by atoms with Crippen LogP contribution in [0.4, 0.5) is 5.69 Å². The number of aromatic nitrogens is 3. The van der Waals surface area contributed by atoms with E-state index in [0.29, 0.717) is 22.0 Å². The van der Waals surface area contributed by atoms with Crippen molar-refractivity contribution in [2.75, 3.05) is 26.0 Å². The molecule has 0 atom stereocenters. The predicted molar refractivity (Wildman–Crippen MR) is 110 cm³/mol.